The highest BCUT2D eigenvalue weighted by Crippen LogP contribution is 2.33. The number of hydrogen-bond donors (Lipinski definition) is 0. The Balaban J connectivity index is 1.96. The molecule has 3 aromatic heterocycles. The summed E-state index contributed by atoms with van der Waals surface area (Å²) in [5.74, 6) is -0.426. The number of thiazole rings is 1. The van der Waals surface area contributed by atoms with Gasteiger partial charge in [0.05, 0.1) is 22.4 Å². The molecule has 0 saturated heterocycles. The molecule has 0 N–H and O–H groups in total. The molecule has 4 rings (SSSR count). The standard InChI is InChI=1S/C19H16N2O3S3/c1-3-24-18(23)15-11(2)20-19-21(16(15)13-7-5-9-26-13)17(22)14(27-19)10-12-6-4-8-25-12/h4-10,16H,3H2,1-2H3. The first-order valence-corrected chi connectivity index (χ1v) is 10.9. The molecule has 0 fully saturated rings. The summed E-state index contributed by atoms with van der Waals surface area (Å²) in [5.41, 5.74) is 0.880. The van der Waals surface area contributed by atoms with Crippen LogP contribution in [0.5, 0.6) is 0 Å². The Bertz CT molecular complexity index is 1180. The van der Waals surface area contributed by atoms with Crippen LogP contribution in [0.2, 0.25) is 0 Å². The highest BCUT2D eigenvalue weighted by molar-refractivity contribution is 7.11. The van der Waals surface area contributed by atoms with Gasteiger partial charge >= 0.3 is 5.97 Å². The molecule has 0 amide bonds. The Morgan fingerprint density at radius 1 is 1.30 bits per heavy atom. The SMILES string of the molecule is CCOC(=O)C1=C(C)N=c2sc(=Cc3cccs3)c(=O)n2C1c1cccs1. The van der Waals surface area contributed by atoms with Crippen LogP contribution in [0.4, 0.5) is 0 Å². The molecule has 4 heterocycles. The van der Waals surface area contributed by atoms with Crippen LogP contribution in [0, 0.1) is 0 Å². The highest BCUT2D eigenvalue weighted by Gasteiger charge is 2.33. The van der Waals surface area contributed by atoms with E-state index in [1.165, 1.54) is 22.7 Å². The minimum Gasteiger partial charge on any atom is -0.463 e. The van der Waals surface area contributed by atoms with Gasteiger partial charge in [0.15, 0.2) is 4.80 Å². The molecule has 1 unspecified atom stereocenters. The lowest BCUT2D eigenvalue weighted by molar-refractivity contribution is -0.139. The lowest BCUT2D eigenvalue weighted by Gasteiger charge is -2.23. The van der Waals surface area contributed by atoms with Gasteiger partial charge in [0.1, 0.15) is 6.04 Å². The summed E-state index contributed by atoms with van der Waals surface area (Å²) in [6, 6.07) is 7.26. The van der Waals surface area contributed by atoms with Gasteiger partial charge < -0.3 is 4.74 Å². The molecule has 1 aliphatic heterocycles. The number of hydrogen-bond acceptors (Lipinski definition) is 7. The van der Waals surface area contributed by atoms with Gasteiger partial charge in [-0.25, -0.2) is 9.79 Å². The van der Waals surface area contributed by atoms with Gasteiger partial charge in [0.2, 0.25) is 0 Å². The topological polar surface area (TPSA) is 60.7 Å². The second kappa shape index (κ2) is 7.38. The van der Waals surface area contributed by atoms with Crippen LogP contribution >= 0.6 is 34.0 Å². The summed E-state index contributed by atoms with van der Waals surface area (Å²) in [5, 5.41) is 3.91. The number of esters is 1. The van der Waals surface area contributed by atoms with Gasteiger partial charge in [-0.05, 0) is 42.8 Å². The summed E-state index contributed by atoms with van der Waals surface area (Å²) in [7, 11) is 0. The number of ether oxygens (including phenoxy) is 1. The Morgan fingerprint density at radius 2 is 2.07 bits per heavy atom. The Kier molecular flexibility index (Phi) is 4.94. The van der Waals surface area contributed by atoms with Gasteiger partial charge in [-0.2, -0.15) is 0 Å². The van der Waals surface area contributed by atoms with E-state index in [1.54, 1.807) is 29.8 Å². The van der Waals surface area contributed by atoms with Gasteiger partial charge in [-0.15, -0.1) is 22.7 Å². The fourth-order valence-corrected chi connectivity index (χ4v) is 5.60. The fourth-order valence-electron chi connectivity index (χ4n) is 3.01. The zero-order chi connectivity index (χ0) is 19.0. The van der Waals surface area contributed by atoms with Crippen molar-refractivity contribution in [2.24, 2.45) is 4.99 Å². The quantitative estimate of drug-likeness (QED) is 0.615. The summed E-state index contributed by atoms with van der Waals surface area (Å²) < 4.78 is 7.48. The van der Waals surface area contributed by atoms with Crippen LogP contribution in [0.25, 0.3) is 6.08 Å². The molecule has 0 radical (unpaired) electrons. The second-order valence-corrected chi connectivity index (χ2v) is 8.80. The average molecular weight is 417 g/mol. The van der Waals surface area contributed by atoms with Crippen molar-refractivity contribution in [2.45, 2.75) is 19.9 Å². The molecule has 1 atom stereocenters. The minimum atomic E-state index is -0.509. The van der Waals surface area contributed by atoms with E-state index < -0.39 is 12.0 Å². The minimum absolute atomic E-state index is 0.139. The van der Waals surface area contributed by atoms with E-state index in [-0.39, 0.29) is 12.2 Å². The summed E-state index contributed by atoms with van der Waals surface area (Å²) in [6.45, 7) is 3.84. The lowest BCUT2D eigenvalue weighted by Crippen LogP contribution is -2.39. The molecular formula is C19H16N2O3S3. The monoisotopic (exact) mass is 416 g/mol. The zero-order valence-electron chi connectivity index (χ0n) is 14.7. The lowest BCUT2D eigenvalue weighted by atomic mass is 10.0. The molecular weight excluding hydrogens is 400 g/mol. The highest BCUT2D eigenvalue weighted by atomic mass is 32.1. The zero-order valence-corrected chi connectivity index (χ0v) is 17.1. The van der Waals surface area contributed by atoms with Crippen molar-refractivity contribution in [3.63, 3.8) is 0 Å². The summed E-state index contributed by atoms with van der Waals surface area (Å²) in [6.07, 6.45) is 1.88. The predicted octanol–water partition coefficient (Wildman–Crippen LogP) is 2.92. The van der Waals surface area contributed by atoms with Crippen LogP contribution in [-0.2, 0) is 9.53 Å². The van der Waals surface area contributed by atoms with E-state index in [0.29, 0.717) is 20.6 Å². The first kappa shape index (κ1) is 18.1. The Hall–Kier alpha value is -2.29. The molecule has 27 heavy (non-hydrogen) atoms. The number of carbonyl (C=O) groups excluding carboxylic acids is 1. The second-order valence-electron chi connectivity index (χ2n) is 5.83. The number of thiophene rings is 2. The van der Waals surface area contributed by atoms with E-state index in [2.05, 4.69) is 4.99 Å². The number of rotatable bonds is 4. The number of allylic oxidation sites excluding steroid dienone is 1. The average Bonchev–Trinajstić information content (AvgIpc) is 3.38. The molecule has 5 nitrogen and oxygen atoms in total. The molecule has 3 aromatic rings. The molecule has 138 valence electrons. The van der Waals surface area contributed by atoms with Crippen molar-refractivity contribution in [1.82, 2.24) is 4.57 Å². The van der Waals surface area contributed by atoms with E-state index in [4.69, 9.17) is 4.74 Å². The largest absolute Gasteiger partial charge is 0.463 e. The molecule has 0 bridgehead atoms. The van der Waals surface area contributed by atoms with Crippen LogP contribution in [-0.4, -0.2) is 17.1 Å². The van der Waals surface area contributed by atoms with Crippen LogP contribution in [0.3, 0.4) is 0 Å². The van der Waals surface area contributed by atoms with Crippen molar-refractivity contribution in [1.29, 1.82) is 0 Å². The number of carbonyl (C=O) groups is 1. The van der Waals surface area contributed by atoms with Crippen molar-refractivity contribution in [3.05, 3.63) is 75.7 Å². The third-order valence-electron chi connectivity index (χ3n) is 4.15. The maximum Gasteiger partial charge on any atom is 0.338 e. The van der Waals surface area contributed by atoms with E-state index in [0.717, 1.165) is 9.75 Å². The first-order valence-electron chi connectivity index (χ1n) is 8.36. The molecule has 0 spiro atoms. The Labute approximate surface area is 167 Å². The van der Waals surface area contributed by atoms with E-state index in [9.17, 15) is 9.59 Å². The van der Waals surface area contributed by atoms with Gasteiger partial charge in [-0.1, -0.05) is 23.5 Å². The molecule has 1 aliphatic rings. The fraction of sp³-hybridized carbons (Fsp3) is 0.211. The van der Waals surface area contributed by atoms with Crippen LogP contribution < -0.4 is 14.9 Å². The van der Waals surface area contributed by atoms with Crippen LogP contribution in [0.15, 0.2) is 56.1 Å². The smallest absolute Gasteiger partial charge is 0.338 e. The Morgan fingerprint density at radius 3 is 2.74 bits per heavy atom. The maximum atomic E-state index is 13.2. The predicted molar refractivity (Wildman–Crippen MR) is 109 cm³/mol. The summed E-state index contributed by atoms with van der Waals surface area (Å²) >= 11 is 4.43. The van der Waals surface area contributed by atoms with Crippen molar-refractivity contribution in [2.75, 3.05) is 6.61 Å². The third kappa shape index (κ3) is 3.24. The van der Waals surface area contributed by atoms with E-state index in [1.807, 2.05) is 41.1 Å². The van der Waals surface area contributed by atoms with Crippen molar-refractivity contribution in [3.8, 4) is 0 Å². The first-order chi connectivity index (χ1) is 13.1. The van der Waals surface area contributed by atoms with Gasteiger partial charge in [0, 0.05) is 9.75 Å². The number of aromatic nitrogens is 1. The summed E-state index contributed by atoms with van der Waals surface area (Å²) in [4.78, 5) is 32.9. The molecule has 0 saturated carbocycles. The van der Waals surface area contributed by atoms with Crippen molar-refractivity contribution < 1.29 is 9.53 Å². The van der Waals surface area contributed by atoms with E-state index >= 15 is 0 Å². The van der Waals surface area contributed by atoms with Gasteiger partial charge in [-0.3, -0.25) is 9.36 Å². The molecule has 0 aliphatic carbocycles. The number of fused-ring (bicyclic) bond motifs is 1. The third-order valence-corrected chi connectivity index (χ3v) is 6.87. The van der Waals surface area contributed by atoms with Crippen molar-refractivity contribution >= 4 is 46.1 Å². The maximum absolute atomic E-state index is 13.2. The van der Waals surface area contributed by atoms with Gasteiger partial charge in [0.25, 0.3) is 5.56 Å². The van der Waals surface area contributed by atoms with Crippen LogP contribution in [0.1, 0.15) is 29.6 Å². The molecule has 0 aromatic carbocycles. The normalized spacial score (nSPS) is 17.0. The molecule has 8 heteroatoms. The number of nitrogens with zero attached hydrogens (tertiary/aromatic N) is 2.